The fourth-order valence-corrected chi connectivity index (χ4v) is 2.03. The van der Waals surface area contributed by atoms with E-state index in [1.165, 1.54) is 16.8 Å². The third-order valence-corrected chi connectivity index (χ3v) is 3.29. The molecule has 0 atom stereocenters. The Hall–Kier alpha value is -2.46. The Morgan fingerprint density at radius 2 is 2.10 bits per heavy atom. The third kappa shape index (κ3) is 3.30. The Bertz CT molecular complexity index is 746. The first-order chi connectivity index (χ1) is 9.36. The molecular weight excluding hydrogens is 282 g/mol. The Labute approximate surface area is 115 Å². The van der Waals surface area contributed by atoms with Crippen molar-refractivity contribution in [1.82, 2.24) is 15.0 Å². The lowest BCUT2D eigenvalue weighted by Crippen LogP contribution is -2.22. The highest BCUT2D eigenvalue weighted by Gasteiger charge is 2.09. The van der Waals surface area contributed by atoms with Gasteiger partial charge in [-0.05, 0) is 18.2 Å². The second-order valence-corrected chi connectivity index (χ2v) is 5.50. The van der Waals surface area contributed by atoms with Gasteiger partial charge in [-0.25, -0.2) is 23.2 Å². The summed E-state index contributed by atoms with van der Waals surface area (Å²) >= 11 is 0. The molecular formula is C10H13N7O2S. The minimum Gasteiger partial charge on any atom is -0.370 e. The number of nitrogens with zero attached hydrogens (tertiary/aromatic N) is 4. The van der Waals surface area contributed by atoms with Crippen molar-refractivity contribution in [2.75, 3.05) is 0 Å². The van der Waals surface area contributed by atoms with E-state index in [-0.39, 0.29) is 17.4 Å². The van der Waals surface area contributed by atoms with E-state index in [1.807, 2.05) is 0 Å². The van der Waals surface area contributed by atoms with Crippen molar-refractivity contribution in [2.24, 2.45) is 21.6 Å². The average molecular weight is 295 g/mol. The van der Waals surface area contributed by atoms with Crippen LogP contribution in [0.5, 0.6) is 0 Å². The summed E-state index contributed by atoms with van der Waals surface area (Å²) in [4.78, 5) is 3.80. The maximum absolute atomic E-state index is 11.3. The van der Waals surface area contributed by atoms with Crippen LogP contribution in [0, 0.1) is 0 Å². The third-order valence-electron chi connectivity index (χ3n) is 2.38. The van der Waals surface area contributed by atoms with Gasteiger partial charge in [0.15, 0.2) is 5.96 Å². The van der Waals surface area contributed by atoms with Gasteiger partial charge in [0.2, 0.25) is 10.0 Å². The summed E-state index contributed by atoms with van der Waals surface area (Å²) < 4.78 is 24.0. The van der Waals surface area contributed by atoms with Gasteiger partial charge in [-0.3, -0.25) is 0 Å². The van der Waals surface area contributed by atoms with Crippen molar-refractivity contribution in [3.8, 4) is 5.69 Å². The molecule has 0 aliphatic rings. The molecule has 6 N–H and O–H groups in total. The molecule has 0 radical (unpaired) electrons. The molecule has 2 aromatic rings. The van der Waals surface area contributed by atoms with E-state index in [0.717, 1.165) is 0 Å². The van der Waals surface area contributed by atoms with Crippen LogP contribution in [-0.4, -0.2) is 29.4 Å². The van der Waals surface area contributed by atoms with Crippen LogP contribution in [0.4, 0.5) is 0 Å². The van der Waals surface area contributed by atoms with Crippen molar-refractivity contribution in [3.63, 3.8) is 0 Å². The number of nitrogens with two attached hydrogens (primary N) is 3. The van der Waals surface area contributed by atoms with Gasteiger partial charge in [0.1, 0.15) is 5.69 Å². The van der Waals surface area contributed by atoms with Gasteiger partial charge in [0.25, 0.3) is 0 Å². The van der Waals surface area contributed by atoms with Gasteiger partial charge in [-0.15, -0.1) is 5.10 Å². The molecule has 9 nitrogen and oxygen atoms in total. The minimum atomic E-state index is -3.76. The zero-order valence-corrected chi connectivity index (χ0v) is 11.2. The number of primary sulfonamides is 1. The van der Waals surface area contributed by atoms with Gasteiger partial charge in [0.05, 0.1) is 23.3 Å². The molecule has 1 heterocycles. The molecule has 1 aromatic carbocycles. The topological polar surface area (TPSA) is 155 Å². The number of aliphatic imine (C=N–C) groups is 1. The monoisotopic (exact) mass is 295 g/mol. The second kappa shape index (κ2) is 5.27. The standard InChI is InChI=1S/C10H13N7O2S/c11-10(12)14-5-7-6-17(16-15-7)8-2-1-3-9(4-8)20(13,18)19/h1-4,6H,5H2,(H4,11,12,14)(H2,13,18,19). The Morgan fingerprint density at radius 3 is 2.75 bits per heavy atom. The maximum atomic E-state index is 11.3. The molecule has 2 rings (SSSR count). The predicted molar refractivity (Wildman–Crippen MR) is 72.2 cm³/mol. The fraction of sp³-hybridized carbons (Fsp3) is 0.100. The smallest absolute Gasteiger partial charge is 0.238 e. The fourth-order valence-electron chi connectivity index (χ4n) is 1.47. The summed E-state index contributed by atoms with van der Waals surface area (Å²) in [6.07, 6.45) is 1.59. The Morgan fingerprint density at radius 1 is 1.35 bits per heavy atom. The van der Waals surface area contributed by atoms with E-state index in [0.29, 0.717) is 11.4 Å². The molecule has 0 aliphatic heterocycles. The van der Waals surface area contributed by atoms with Gasteiger partial charge < -0.3 is 11.5 Å². The van der Waals surface area contributed by atoms with E-state index in [2.05, 4.69) is 15.3 Å². The molecule has 0 amide bonds. The van der Waals surface area contributed by atoms with E-state index in [4.69, 9.17) is 16.6 Å². The van der Waals surface area contributed by atoms with E-state index >= 15 is 0 Å². The highest BCUT2D eigenvalue weighted by Crippen LogP contribution is 2.13. The molecule has 20 heavy (non-hydrogen) atoms. The zero-order valence-electron chi connectivity index (χ0n) is 10.3. The van der Waals surface area contributed by atoms with Crippen LogP contribution < -0.4 is 16.6 Å². The van der Waals surface area contributed by atoms with E-state index < -0.39 is 10.0 Å². The lowest BCUT2D eigenvalue weighted by molar-refractivity contribution is 0.597. The largest absolute Gasteiger partial charge is 0.370 e. The first kappa shape index (κ1) is 14.0. The summed E-state index contributed by atoms with van der Waals surface area (Å²) in [6, 6.07) is 6.03. The van der Waals surface area contributed by atoms with E-state index in [1.54, 1.807) is 18.3 Å². The number of guanidine groups is 1. The number of aromatic nitrogens is 3. The number of rotatable bonds is 4. The number of benzene rings is 1. The summed E-state index contributed by atoms with van der Waals surface area (Å²) in [7, 11) is -3.76. The number of hydrogen-bond donors (Lipinski definition) is 3. The first-order valence-electron chi connectivity index (χ1n) is 5.46. The normalized spacial score (nSPS) is 11.2. The van der Waals surface area contributed by atoms with Crippen molar-refractivity contribution < 1.29 is 8.42 Å². The summed E-state index contributed by atoms with van der Waals surface area (Å²) in [5.74, 6) is -0.0456. The molecule has 0 fully saturated rings. The molecule has 1 aromatic heterocycles. The number of sulfonamides is 1. The molecule has 0 unspecified atom stereocenters. The quantitative estimate of drug-likeness (QED) is 0.469. The minimum absolute atomic E-state index is 0.00345. The number of hydrogen-bond acceptors (Lipinski definition) is 5. The van der Waals surface area contributed by atoms with E-state index in [9.17, 15) is 8.42 Å². The summed E-state index contributed by atoms with van der Waals surface area (Å²) in [6.45, 7) is 0.192. The van der Waals surface area contributed by atoms with Crippen molar-refractivity contribution in [2.45, 2.75) is 11.4 Å². The van der Waals surface area contributed by atoms with Crippen molar-refractivity contribution in [1.29, 1.82) is 0 Å². The van der Waals surface area contributed by atoms with Gasteiger partial charge >= 0.3 is 0 Å². The predicted octanol–water partition coefficient (Wildman–Crippen LogP) is -1.31. The van der Waals surface area contributed by atoms with Crippen LogP contribution in [-0.2, 0) is 16.6 Å². The van der Waals surface area contributed by atoms with Crippen LogP contribution in [0.2, 0.25) is 0 Å². The lowest BCUT2D eigenvalue weighted by atomic mass is 10.3. The summed E-state index contributed by atoms with van der Waals surface area (Å²) in [5, 5.41) is 12.8. The van der Waals surface area contributed by atoms with Crippen molar-refractivity contribution >= 4 is 16.0 Å². The maximum Gasteiger partial charge on any atom is 0.238 e. The highest BCUT2D eigenvalue weighted by atomic mass is 32.2. The summed E-state index contributed by atoms with van der Waals surface area (Å²) in [5.41, 5.74) is 11.5. The zero-order chi connectivity index (χ0) is 14.8. The van der Waals surface area contributed by atoms with Gasteiger partial charge in [-0.2, -0.15) is 0 Å². The van der Waals surface area contributed by atoms with Crippen LogP contribution in [0.3, 0.4) is 0 Å². The highest BCUT2D eigenvalue weighted by molar-refractivity contribution is 7.89. The molecule has 0 spiro atoms. The Balaban J connectivity index is 2.31. The molecule has 0 bridgehead atoms. The Kier molecular flexibility index (Phi) is 3.68. The first-order valence-corrected chi connectivity index (χ1v) is 7.01. The van der Waals surface area contributed by atoms with Crippen LogP contribution in [0.25, 0.3) is 5.69 Å². The SMILES string of the molecule is NC(N)=NCc1cn(-c2cccc(S(N)(=O)=O)c2)nn1. The van der Waals surface area contributed by atoms with Crippen LogP contribution in [0.1, 0.15) is 5.69 Å². The second-order valence-electron chi connectivity index (χ2n) is 3.94. The van der Waals surface area contributed by atoms with Crippen LogP contribution >= 0.6 is 0 Å². The average Bonchev–Trinajstić information content (AvgIpc) is 2.84. The van der Waals surface area contributed by atoms with Crippen LogP contribution in [0.15, 0.2) is 40.4 Å². The van der Waals surface area contributed by atoms with Gasteiger partial charge in [-0.1, -0.05) is 11.3 Å². The van der Waals surface area contributed by atoms with Gasteiger partial charge in [0, 0.05) is 0 Å². The molecule has 0 saturated heterocycles. The molecule has 0 saturated carbocycles. The molecule has 106 valence electrons. The molecule has 0 aliphatic carbocycles. The molecule has 10 heteroatoms. The lowest BCUT2D eigenvalue weighted by Gasteiger charge is -2.02. The van der Waals surface area contributed by atoms with Crippen molar-refractivity contribution in [3.05, 3.63) is 36.2 Å².